The molecule has 0 saturated heterocycles. The Kier molecular flexibility index (Phi) is 8.15. The summed E-state index contributed by atoms with van der Waals surface area (Å²) in [6, 6.07) is 20.4. The fourth-order valence-electron chi connectivity index (χ4n) is 3.02. The number of amides is 1. The number of carbonyl (C=O) groups excluding carboxylic acids is 1. The number of benzene rings is 3. The Bertz CT molecular complexity index is 1170. The van der Waals surface area contributed by atoms with Crippen molar-refractivity contribution in [1.82, 2.24) is 9.62 Å². The Balaban J connectivity index is 1.85. The summed E-state index contributed by atoms with van der Waals surface area (Å²) in [5.41, 5.74) is 1.58. The molecule has 168 valence electrons. The van der Waals surface area contributed by atoms with Gasteiger partial charge in [0, 0.05) is 23.1 Å². The van der Waals surface area contributed by atoms with Crippen LogP contribution in [0, 0.1) is 0 Å². The fourth-order valence-corrected chi connectivity index (χ4v) is 4.95. The first-order chi connectivity index (χ1) is 15.3. The van der Waals surface area contributed by atoms with E-state index in [-0.39, 0.29) is 35.3 Å². The molecule has 0 spiro atoms. The van der Waals surface area contributed by atoms with Crippen molar-refractivity contribution in [1.29, 1.82) is 0 Å². The first-order valence-electron chi connectivity index (χ1n) is 9.68. The van der Waals surface area contributed by atoms with Gasteiger partial charge in [0.05, 0.1) is 13.7 Å². The number of carbonyl (C=O) groups is 1. The summed E-state index contributed by atoms with van der Waals surface area (Å²) >= 11 is 11.9. The Labute approximate surface area is 197 Å². The highest BCUT2D eigenvalue weighted by atomic mass is 35.5. The van der Waals surface area contributed by atoms with Crippen LogP contribution in [0.3, 0.4) is 0 Å². The van der Waals surface area contributed by atoms with E-state index in [4.69, 9.17) is 27.9 Å². The van der Waals surface area contributed by atoms with Crippen LogP contribution in [0.2, 0.25) is 10.0 Å². The maximum atomic E-state index is 13.5. The van der Waals surface area contributed by atoms with Gasteiger partial charge in [0.1, 0.15) is 10.6 Å². The van der Waals surface area contributed by atoms with Gasteiger partial charge in [0.15, 0.2) is 0 Å². The second-order valence-electron chi connectivity index (χ2n) is 6.96. The minimum atomic E-state index is -4.10. The SMILES string of the molecule is COc1ccc(Cl)cc1S(=O)(=O)N(CC(=O)NCc1ccc(Cl)cc1)Cc1ccccc1. The molecule has 9 heteroatoms. The standard InChI is InChI=1S/C23H22Cl2N2O4S/c1-31-21-12-11-20(25)13-22(21)32(29,30)27(15-18-5-3-2-4-6-18)16-23(28)26-14-17-7-9-19(24)10-8-17/h2-13H,14-16H2,1H3,(H,26,28). The largest absolute Gasteiger partial charge is 0.495 e. The molecule has 0 aliphatic carbocycles. The predicted octanol–water partition coefficient (Wildman–Crippen LogP) is 4.51. The van der Waals surface area contributed by atoms with Gasteiger partial charge >= 0.3 is 0 Å². The number of hydrogen-bond acceptors (Lipinski definition) is 4. The molecule has 3 aromatic carbocycles. The molecule has 32 heavy (non-hydrogen) atoms. The lowest BCUT2D eigenvalue weighted by Crippen LogP contribution is -2.40. The quantitative estimate of drug-likeness (QED) is 0.476. The summed E-state index contributed by atoms with van der Waals surface area (Å²) in [6.07, 6.45) is 0. The molecule has 3 rings (SSSR count). The Morgan fingerprint density at radius 1 is 0.938 bits per heavy atom. The van der Waals surface area contributed by atoms with E-state index in [0.717, 1.165) is 15.4 Å². The van der Waals surface area contributed by atoms with Crippen molar-refractivity contribution >= 4 is 39.1 Å². The summed E-state index contributed by atoms with van der Waals surface area (Å²) in [7, 11) is -2.72. The van der Waals surface area contributed by atoms with E-state index in [2.05, 4.69) is 5.32 Å². The molecule has 0 unspecified atom stereocenters. The van der Waals surface area contributed by atoms with E-state index in [0.29, 0.717) is 5.02 Å². The Morgan fingerprint density at radius 2 is 1.59 bits per heavy atom. The van der Waals surface area contributed by atoms with Gasteiger partial charge in [-0.05, 0) is 41.5 Å². The van der Waals surface area contributed by atoms with Crippen molar-refractivity contribution in [2.45, 2.75) is 18.0 Å². The number of nitrogens with one attached hydrogen (secondary N) is 1. The summed E-state index contributed by atoms with van der Waals surface area (Å²) in [5, 5.41) is 3.59. The topological polar surface area (TPSA) is 75.7 Å². The van der Waals surface area contributed by atoms with Crippen LogP contribution in [0.5, 0.6) is 5.75 Å². The minimum absolute atomic E-state index is 0.00715. The van der Waals surface area contributed by atoms with Crippen LogP contribution in [0.25, 0.3) is 0 Å². The highest BCUT2D eigenvalue weighted by molar-refractivity contribution is 7.89. The number of hydrogen-bond donors (Lipinski definition) is 1. The number of sulfonamides is 1. The van der Waals surface area contributed by atoms with Crippen LogP contribution in [0.4, 0.5) is 0 Å². The molecule has 3 aromatic rings. The van der Waals surface area contributed by atoms with Crippen LogP contribution < -0.4 is 10.1 Å². The molecular formula is C23H22Cl2N2O4S. The lowest BCUT2D eigenvalue weighted by molar-refractivity contribution is -0.121. The van der Waals surface area contributed by atoms with Crippen molar-refractivity contribution in [2.24, 2.45) is 0 Å². The average Bonchev–Trinajstić information content (AvgIpc) is 2.79. The first-order valence-corrected chi connectivity index (χ1v) is 11.9. The van der Waals surface area contributed by atoms with E-state index in [1.165, 1.54) is 19.2 Å². The summed E-state index contributed by atoms with van der Waals surface area (Å²) < 4.78 is 33.4. The molecule has 0 saturated carbocycles. The van der Waals surface area contributed by atoms with E-state index in [1.807, 2.05) is 6.07 Å². The summed E-state index contributed by atoms with van der Waals surface area (Å²) in [6.45, 7) is -0.122. The summed E-state index contributed by atoms with van der Waals surface area (Å²) in [5.74, 6) is -0.297. The van der Waals surface area contributed by atoms with Crippen LogP contribution >= 0.6 is 23.2 Å². The Hall–Kier alpha value is -2.58. The van der Waals surface area contributed by atoms with Crippen molar-refractivity contribution < 1.29 is 17.9 Å². The molecule has 0 atom stereocenters. The van der Waals surface area contributed by atoms with Crippen molar-refractivity contribution in [3.05, 3.63) is 94.0 Å². The third-order valence-corrected chi connectivity index (χ3v) is 6.97. The van der Waals surface area contributed by atoms with E-state index in [9.17, 15) is 13.2 Å². The van der Waals surface area contributed by atoms with Crippen LogP contribution in [-0.4, -0.2) is 32.3 Å². The highest BCUT2D eigenvalue weighted by Crippen LogP contribution is 2.30. The molecule has 1 N–H and O–H groups in total. The minimum Gasteiger partial charge on any atom is -0.495 e. The van der Waals surface area contributed by atoms with Gasteiger partial charge in [-0.1, -0.05) is 65.7 Å². The Morgan fingerprint density at radius 3 is 2.25 bits per heavy atom. The lowest BCUT2D eigenvalue weighted by atomic mass is 10.2. The van der Waals surface area contributed by atoms with Crippen molar-refractivity contribution in [3.63, 3.8) is 0 Å². The van der Waals surface area contributed by atoms with Gasteiger partial charge in [0.25, 0.3) is 0 Å². The van der Waals surface area contributed by atoms with Crippen molar-refractivity contribution in [3.8, 4) is 5.75 Å². The monoisotopic (exact) mass is 492 g/mol. The number of rotatable bonds is 9. The molecule has 6 nitrogen and oxygen atoms in total. The number of nitrogens with zero attached hydrogens (tertiary/aromatic N) is 1. The van der Waals surface area contributed by atoms with Crippen LogP contribution in [-0.2, 0) is 27.9 Å². The average molecular weight is 493 g/mol. The molecule has 0 bridgehead atoms. The zero-order valence-electron chi connectivity index (χ0n) is 17.3. The van der Waals surface area contributed by atoms with Gasteiger partial charge in [0.2, 0.25) is 15.9 Å². The van der Waals surface area contributed by atoms with Crippen molar-refractivity contribution in [2.75, 3.05) is 13.7 Å². The number of ether oxygens (including phenoxy) is 1. The molecule has 0 radical (unpaired) electrons. The van der Waals surface area contributed by atoms with Gasteiger partial charge in [-0.25, -0.2) is 8.42 Å². The molecule has 0 aromatic heterocycles. The van der Waals surface area contributed by atoms with Gasteiger partial charge in [-0.2, -0.15) is 4.31 Å². The smallest absolute Gasteiger partial charge is 0.247 e. The normalized spacial score (nSPS) is 11.4. The van der Waals surface area contributed by atoms with Gasteiger partial charge in [-0.3, -0.25) is 4.79 Å². The zero-order chi connectivity index (χ0) is 23.1. The molecular weight excluding hydrogens is 471 g/mol. The third kappa shape index (κ3) is 6.23. The second kappa shape index (κ2) is 10.8. The van der Waals surface area contributed by atoms with Gasteiger partial charge < -0.3 is 10.1 Å². The molecule has 0 aliphatic heterocycles. The first kappa shape index (κ1) is 24.1. The van der Waals surface area contributed by atoms with Crippen LogP contribution in [0.1, 0.15) is 11.1 Å². The number of halogens is 2. The third-order valence-electron chi connectivity index (χ3n) is 4.67. The lowest BCUT2D eigenvalue weighted by Gasteiger charge is -2.23. The molecule has 0 aliphatic rings. The number of methoxy groups -OCH3 is 1. The predicted molar refractivity (Wildman–Crippen MR) is 125 cm³/mol. The summed E-state index contributed by atoms with van der Waals surface area (Å²) in [4.78, 5) is 12.6. The molecule has 0 heterocycles. The maximum absolute atomic E-state index is 13.5. The fraction of sp³-hybridized carbons (Fsp3) is 0.174. The molecule has 1 amide bonds. The van der Waals surface area contributed by atoms with Gasteiger partial charge in [-0.15, -0.1) is 0 Å². The van der Waals surface area contributed by atoms with E-state index >= 15 is 0 Å². The van der Waals surface area contributed by atoms with Crippen LogP contribution in [0.15, 0.2) is 77.7 Å². The van der Waals surface area contributed by atoms with E-state index in [1.54, 1.807) is 54.6 Å². The second-order valence-corrected chi connectivity index (χ2v) is 9.74. The molecule has 0 fully saturated rings. The highest BCUT2D eigenvalue weighted by Gasteiger charge is 2.30. The zero-order valence-corrected chi connectivity index (χ0v) is 19.6. The van der Waals surface area contributed by atoms with E-state index < -0.39 is 15.9 Å². The maximum Gasteiger partial charge on any atom is 0.247 e.